The highest BCUT2D eigenvalue weighted by molar-refractivity contribution is 14.1. The second-order valence-electron chi connectivity index (χ2n) is 8.39. The van der Waals surface area contributed by atoms with Crippen molar-refractivity contribution in [2.45, 2.75) is 24.3 Å². The number of hydrogen-bond donors (Lipinski definition) is 1. The lowest BCUT2D eigenvalue weighted by molar-refractivity contribution is -0.137. The van der Waals surface area contributed by atoms with E-state index in [1.54, 1.807) is 19.2 Å². The molecule has 1 unspecified atom stereocenters. The van der Waals surface area contributed by atoms with Gasteiger partial charge in [0.2, 0.25) is 11.8 Å². The second-order valence-corrected chi connectivity index (χ2v) is 10.8. The van der Waals surface area contributed by atoms with Gasteiger partial charge in [-0.2, -0.15) is 13.2 Å². The van der Waals surface area contributed by atoms with Gasteiger partial charge < -0.3 is 10.1 Å². The number of carbonyl (C=O) groups excluding carboxylic acids is 2. The van der Waals surface area contributed by atoms with Gasteiger partial charge in [-0.05, 0) is 89.2 Å². The number of ether oxygens (including phenoxy) is 1. The first-order valence-corrected chi connectivity index (χ1v) is 13.5. The van der Waals surface area contributed by atoms with Gasteiger partial charge in [0, 0.05) is 22.2 Å². The van der Waals surface area contributed by atoms with Gasteiger partial charge in [0.15, 0.2) is 5.17 Å². The third kappa shape index (κ3) is 7.28. The molecule has 1 aliphatic rings. The van der Waals surface area contributed by atoms with E-state index in [9.17, 15) is 22.8 Å². The third-order valence-corrected chi connectivity index (χ3v) is 7.63. The van der Waals surface area contributed by atoms with E-state index < -0.39 is 17.0 Å². The average molecular weight is 653 g/mol. The summed E-state index contributed by atoms with van der Waals surface area (Å²) >= 11 is 3.22. The Bertz CT molecular complexity index is 1330. The van der Waals surface area contributed by atoms with Crippen LogP contribution in [-0.2, 0) is 22.2 Å². The maximum Gasteiger partial charge on any atom is 0.416 e. The molecule has 0 saturated carbocycles. The molecule has 6 nitrogen and oxygen atoms in total. The molecule has 1 saturated heterocycles. The minimum Gasteiger partial charge on any atom is -0.497 e. The van der Waals surface area contributed by atoms with E-state index in [0.29, 0.717) is 17.9 Å². The Hall–Kier alpha value is -3.06. The number of amides is 2. The minimum absolute atomic E-state index is 0.0447. The second kappa shape index (κ2) is 12.2. The fourth-order valence-electron chi connectivity index (χ4n) is 3.71. The van der Waals surface area contributed by atoms with Crippen LogP contribution in [0.4, 0.5) is 24.5 Å². The van der Waals surface area contributed by atoms with Crippen molar-refractivity contribution in [2.24, 2.45) is 4.99 Å². The smallest absolute Gasteiger partial charge is 0.416 e. The average Bonchev–Trinajstić information content (AvgIpc) is 2.89. The molecule has 3 aromatic carbocycles. The Morgan fingerprint density at radius 3 is 2.50 bits per heavy atom. The molecule has 0 aromatic heterocycles. The molecular formula is C27H23F3IN3O3S. The summed E-state index contributed by atoms with van der Waals surface area (Å²) in [5.74, 6) is -0.00557. The number of nitrogens with zero attached hydrogens (tertiary/aromatic N) is 2. The molecule has 0 aliphatic carbocycles. The van der Waals surface area contributed by atoms with Crippen LogP contribution in [-0.4, -0.2) is 40.8 Å². The van der Waals surface area contributed by atoms with Crippen molar-refractivity contribution in [3.63, 3.8) is 0 Å². The van der Waals surface area contributed by atoms with E-state index in [2.05, 4.69) is 32.9 Å². The van der Waals surface area contributed by atoms with Crippen LogP contribution in [0.5, 0.6) is 5.75 Å². The molecular weight excluding hydrogens is 630 g/mol. The molecule has 2 amide bonds. The van der Waals surface area contributed by atoms with E-state index >= 15 is 0 Å². The molecule has 1 atom stereocenters. The third-order valence-electron chi connectivity index (χ3n) is 5.73. The zero-order valence-electron chi connectivity index (χ0n) is 20.2. The first-order valence-electron chi connectivity index (χ1n) is 11.5. The van der Waals surface area contributed by atoms with Crippen molar-refractivity contribution >= 4 is 62.7 Å². The maximum atomic E-state index is 13.3. The molecule has 0 spiro atoms. The Morgan fingerprint density at radius 2 is 1.84 bits per heavy atom. The molecule has 1 aliphatic heterocycles. The van der Waals surface area contributed by atoms with E-state index in [1.807, 2.05) is 36.4 Å². The SMILES string of the molecule is COc1ccc(CCN2C(=O)CC(C(=O)Nc3ccc(I)cc3)SC2=Nc2cccc(C(F)(F)F)c2)cc1. The van der Waals surface area contributed by atoms with Gasteiger partial charge in [-0.15, -0.1) is 0 Å². The Kier molecular flexibility index (Phi) is 8.98. The van der Waals surface area contributed by atoms with E-state index in [-0.39, 0.29) is 35.6 Å². The number of rotatable bonds is 7. The van der Waals surface area contributed by atoms with Crippen molar-refractivity contribution in [3.8, 4) is 5.75 Å². The zero-order valence-corrected chi connectivity index (χ0v) is 23.1. The molecule has 1 fully saturated rings. The van der Waals surface area contributed by atoms with Gasteiger partial charge in [0.1, 0.15) is 11.0 Å². The van der Waals surface area contributed by atoms with Crippen molar-refractivity contribution < 1.29 is 27.5 Å². The summed E-state index contributed by atoms with van der Waals surface area (Å²) < 4.78 is 46.0. The standard InChI is InChI=1S/C27H23F3IN3O3S/c1-37-22-11-5-17(6-12-22)13-14-34-24(35)16-23(25(36)32-20-9-7-19(31)8-10-20)38-26(34)33-21-4-2-3-18(15-21)27(28,29)30/h2-12,15,23H,13-14,16H2,1H3,(H,32,36). The molecule has 1 N–H and O–H groups in total. The number of carbonyl (C=O) groups is 2. The maximum absolute atomic E-state index is 13.3. The summed E-state index contributed by atoms with van der Waals surface area (Å²) in [6.07, 6.45) is -4.11. The molecule has 198 valence electrons. The molecule has 1 heterocycles. The van der Waals surface area contributed by atoms with E-state index in [0.717, 1.165) is 33.0 Å². The lowest BCUT2D eigenvalue weighted by atomic mass is 10.1. The predicted octanol–water partition coefficient (Wildman–Crippen LogP) is 6.52. The van der Waals surface area contributed by atoms with Crippen molar-refractivity contribution in [2.75, 3.05) is 19.0 Å². The van der Waals surface area contributed by atoms with Gasteiger partial charge in [0.05, 0.1) is 18.4 Å². The van der Waals surface area contributed by atoms with Crippen LogP contribution in [0.15, 0.2) is 77.8 Å². The summed E-state index contributed by atoms with van der Waals surface area (Å²) in [4.78, 5) is 32.0. The molecule has 3 aromatic rings. The monoisotopic (exact) mass is 653 g/mol. The van der Waals surface area contributed by atoms with Crippen molar-refractivity contribution in [1.29, 1.82) is 0 Å². The van der Waals surface area contributed by atoms with Gasteiger partial charge in [-0.25, -0.2) is 4.99 Å². The molecule has 11 heteroatoms. The number of aliphatic imine (C=N–C) groups is 1. The Balaban J connectivity index is 1.58. The van der Waals surface area contributed by atoms with Crippen molar-refractivity contribution in [1.82, 2.24) is 4.90 Å². The zero-order chi connectivity index (χ0) is 27.3. The van der Waals surface area contributed by atoms with Crippen LogP contribution < -0.4 is 10.1 Å². The van der Waals surface area contributed by atoms with Crippen LogP contribution in [0.1, 0.15) is 17.5 Å². The normalized spacial score (nSPS) is 17.0. The van der Waals surface area contributed by atoms with Gasteiger partial charge in [-0.3, -0.25) is 14.5 Å². The number of benzene rings is 3. The Morgan fingerprint density at radius 1 is 1.13 bits per heavy atom. The van der Waals surface area contributed by atoms with E-state index in [1.165, 1.54) is 17.0 Å². The summed E-state index contributed by atoms with van der Waals surface area (Å²) in [5, 5.41) is 2.20. The summed E-state index contributed by atoms with van der Waals surface area (Å²) in [6.45, 7) is 0.251. The topological polar surface area (TPSA) is 71.0 Å². The number of nitrogens with one attached hydrogen (secondary N) is 1. The first kappa shape index (κ1) is 28.0. The lowest BCUT2D eigenvalue weighted by Crippen LogP contribution is -2.46. The highest BCUT2D eigenvalue weighted by atomic mass is 127. The van der Waals surface area contributed by atoms with Crippen LogP contribution in [0.25, 0.3) is 0 Å². The summed E-state index contributed by atoms with van der Waals surface area (Å²) in [7, 11) is 1.57. The fraction of sp³-hybridized carbons (Fsp3) is 0.222. The number of hydrogen-bond acceptors (Lipinski definition) is 5. The van der Waals surface area contributed by atoms with Crippen LogP contribution in [0.2, 0.25) is 0 Å². The van der Waals surface area contributed by atoms with Crippen molar-refractivity contribution in [3.05, 3.63) is 87.5 Å². The number of anilines is 1. The van der Waals surface area contributed by atoms with Crippen LogP contribution >= 0.6 is 34.4 Å². The number of amidine groups is 1. The van der Waals surface area contributed by atoms with E-state index in [4.69, 9.17) is 4.74 Å². The largest absolute Gasteiger partial charge is 0.497 e. The van der Waals surface area contributed by atoms with Gasteiger partial charge in [-0.1, -0.05) is 30.0 Å². The molecule has 0 bridgehead atoms. The number of methoxy groups -OCH3 is 1. The predicted molar refractivity (Wildman–Crippen MR) is 151 cm³/mol. The fourth-order valence-corrected chi connectivity index (χ4v) is 5.20. The molecule has 38 heavy (non-hydrogen) atoms. The van der Waals surface area contributed by atoms with Crippen LogP contribution in [0.3, 0.4) is 0 Å². The Labute approximate surface area is 235 Å². The van der Waals surface area contributed by atoms with Gasteiger partial charge in [0.25, 0.3) is 0 Å². The summed E-state index contributed by atoms with van der Waals surface area (Å²) in [5.41, 5.74) is 0.731. The molecule has 4 rings (SSSR count). The molecule has 0 radical (unpaired) electrons. The van der Waals surface area contributed by atoms with Gasteiger partial charge >= 0.3 is 6.18 Å². The summed E-state index contributed by atoms with van der Waals surface area (Å²) in [6, 6.07) is 19.2. The number of alkyl halides is 3. The lowest BCUT2D eigenvalue weighted by Gasteiger charge is -2.32. The first-order chi connectivity index (χ1) is 18.1. The highest BCUT2D eigenvalue weighted by Gasteiger charge is 2.36. The minimum atomic E-state index is -4.53. The number of thioether (sulfide) groups is 1. The highest BCUT2D eigenvalue weighted by Crippen LogP contribution is 2.34. The number of halogens is 4. The quantitative estimate of drug-likeness (QED) is 0.295. The van der Waals surface area contributed by atoms with Crippen LogP contribution in [0, 0.1) is 3.57 Å².